The summed E-state index contributed by atoms with van der Waals surface area (Å²) in [4.78, 5) is 51.2. The Morgan fingerprint density at radius 1 is 1.23 bits per heavy atom. The Morgan fingerprint density at radius 2 is 1.97 bits per heavy atom. The second-order valence-electron chi connectivity index (χ2n) is 8.99. The molecule has 35 heavy (non-hydrogen) atoms. The third-order valence-electron chi connectivity index (χ3n) is 6.55. The highest BCUT2D eigenvalue weighted by Crippen LogP contribution is 2.42. The number of benzene rings is 1. The molecule has 2 fully saturated rings. The van der Waals surface area contributed by atoms with Crippen molar-refractivity contribution in [1.29, 1.82) is 0 Å². The van der Waals surface area contributed by atoms with Gasteiger partial charge in [-0.1, -0.05) is 23.7 Å². The number of hydrogen-bond acceptors (Lipinski definition) is 7. The Balaban J connectivity index is 1.24. The summed E-state index contributed by atoms with van der Waals surface area (Å²) in [6, 6.07) is 9.39. The van der Waals surface area contributed by atoms with Gasteiger partial charge >= 0.3 is 12.0 Å². The maximum atomic E-state index is 13.0. The van der Waals surface area contributed by atoms with Gasteiger partial charge in [-0.15, -0.1) is 0 Å². The lowest BCUT2D eigenvalue weighted by Crippen LogP contribution is -2.46. The van der Waals surface area contributed by atoms with E-state index in [0.717, 1.165) is 23.3 Å². The van der Waals surface area contributed by atoms with Gasteiger partial charge < -0.3 is 14.5 Å². The number of carbonyl (C=O) groups excluding carboxylic acids is 4. The van der Waals surface area contributed by atoms with Crippen LogP contribution in [0.5, 0.6) is 0 Å². The third-order valence-corrected chi connectivity index (χ3v) is 6.81. The molecule has 4 amide bonds. The molecule has 2 atom stereocenters. The highest BCUT2D eigenvalue weighted by atomic mass is 35.5. The fourth-order valence-corrected chi connectivity index (χ4v) is 4.57. The van der Waals surface area contributed by atoms with E-state index in [9.17, 15) is 19.2 Å². The minimum atomic E-state index is -0.994. The molecule has 1 aromatic heterocycles. The monoisotopic (exact) mass is 498 g/mol. The molecule has 1 aromatic carbocycles. The largest absolute Gasteiger partial charge is 0.467 e. The molecule has 0 bridgehead atoms. The minimum Gasteiger partial charge on any atom is -0.467 e. The lowest BCUT2D eigenvalue weighted by atomic mass is 9.96. The molecule has 182 valence electrons. The van der Waals surface area contributed by atoms with Gasteiger partial charge in [-0.25, -0.2) is 9.80 Å². The molecular formula is C24H23ClN4O6. The first-order valence-corrected chi connectivity index (χ1v) is 11.6. The molecule has 0 radical (unpaired) electrons. The Morgan fingerprint density at radius 3 is 2.63 bits per heavy atom. The number of nitrogens with zero attached hydrogens (tertiary/aromatic N) is 3. The maximum Gasteiger partial charge on any atom is 0.326 e. The standard InChI is InChI=1S/C24H23ClN4O6/c1-24(15-6-7-15)22(32)28(23(33)26-24)12-21(31)35-13-20(30)29-18(19-3-2-10-34-19)11-17(27-29)14-4-8-16(25)9-5-14/h2-5,8-10,15,18H,6-7,11-13H2,1H3,(H,26,33)/t18-,24+/m0/s1. The van der Waals surface area contributed by atoms with E-state index in [4.69, 9.17) is 20.8 Å². The molecule has 1 saturated carbocycles. The van der Waals surface area contributed by atoms with Crippen LogP contribution < -0.4 is 5.32 Å². The number of amides is 4. The summed E-state index contributed by atoms with van der Waals surface area (Å²) in [5.74, 6) is -1.27. The molecule has 3 aliphatic rings. The van der Waals surface area contributed by atoms with Crippen molar-refractivity contribution in [1.82, 2.24) is 15.2 Å². The zero-order chi connectivity index (χ0) is 24.7. The highest BCUT2D eigenvalue weighted by Gasteiger charge is 2.56. The zero-order valence-corrected chi connectivity index (χ0v) is 19.7. The van der Waals surface area contributed by atoms with Crippen LogP contribution in [0.2, 0.25) is 5.02 Å². The lowest BCUT2D eigenvalue weighted by Gasteiger charge is -2.21. The molecule has 0 unspecified atom stereocenters. The number of urea groups is 1. The van der Waals surface area contributed by atoms with Crippen molar-refractivity contribution < 1.29 is 28.3 Å². The van der Waals surface area contributed by atoms with E-state index in [1.807, 2.05) is 12.1 Å². The Labute approximate surface area is 205 Å². The minimum absolute atomic E-state index is 0.0722. The van der Waals surface area contributed by atoms with E-state index in [2.05, 4.69) is 10.4 Å². The van der Waals surface area contributed by atoms with Crippen LogP contribution in [0.3, 0.4) is 0 Å². The summed E-state index contributed by atoms with van der Waals surface area (Å²) >= 11 is 5.97. The quantitative estimate of drug-likeness (QED) is 0.462. The van der Waals surface area contributed by atoms with E-state index in [1.54, 1.807) is 31.2 Å². The molecule has 1 aliphatic carbocycles. The zero-order valence-electron chi connectivity index (χ0n) is 18.9. The topological polar surface area (TPSA) is 122 Å². The Bertz CT molecular complexity index is 1210. The molecular weight excluding hydrogens is 476 g/mol. The van der Waals surface area contributed by atoms with Gasteiger partial charge in [0.25, 0.3) is 11.8 Å². The SMILES string of the molecule is C[C@]1(C2CC2)NC(=O)N(CC(=O)OCC(=O)N2N=C(c3ccc(Cl)cc3)C[C@H]2c2ccco2)C1=O. The number of furan rings is 1. The first-order chi connectivity index (χ1) is 16.8. The van der Waals surface area contributed by atoms with Crippen LogP contribution >= 0.6 is 11.6 Å². The molecule has 2 aromatic rings. The molecule has 1 N–H and O–H groups in total. The number of ether oxygens (including phenoxy) is 1. The van der Waals surface area contributed by atoms with Crippen LogP contribution in [-0.4, -0.2) is 58.1 Å². The van der Waals surface area contributed by atoms with E-state index >= 15 is 0 Å². The van der Waals surface area contributed by atoms with Crippen molar-refractivity contribution in [2.24, 2.45) is 11.0 Å². The van der Waals surface area contributed by atoms with Crippen molar-refractivity contribution in [3.63, 3.8) is 0 Å². The van der Waals surface area contributed by atoms with Gasteiger partial charge in [-0.3, -0.25) is 19.3 Å². The number of rotatable bonds is 7. The van der Waals surface area contributed by atoms with Crippen molar-refractivity contribution in [3.05, 3.63) is 59.0 Å². The van der Waals surface area contributed by atoms with Gasteiger partial charge in [0.1, 0.15) is 23.9 Å². The van der Waals surface area contributed by atoms with Crippen molar-refractivity contribution in [2.75, 3.05) is 13.2 Å². The summed E-state index contributed by atoms with van der Waals surface area (Å²) in [5.41, 5.74) is 0.461. The number of nitrogens with one attached hydrogen (secondary N) is 1. The highest BCUT2D eigenvalue weighted by molar-refractivity contribution is 6.30. The molecule has 0 spiro atoms. The molecule has 11 heteroatoms. The van der Waals surface area contributed by atoms with Crippen LogP contribution in [0.1, 0.15) is 43.6 Å². The van der Waals surface area contributed by atoms with E-state index in [0.29, 0.717) is 22.9 Å². The Kier molecular flexibility index (Phi) is 5.84. The molecule has 5 rings (SSSR count). The molecule has 3 heterocycles. The molecule has 2 aliphatic heterocycles. The number of hydrazone groups is 1. The smallest absolute Gasteiger partial charge is 0.326 e. The van der Waals surface area contributed by atoms with Crippen molar-refractivity contribution in [2.45, 2.75) is 37.8 Å². The van der Waals surface area contributed by atoms with Gasteiger partial charge in [0.15, 0.2) is 6.61 Å². The first-order valence-electron chi connectivity index (χ1n) is 11.2. The van der Waals surface area contributed by atoms with Gasteiger partial charge in [-0.2, -0.15) is 5.10 Å². The maximum absolute atomic E-state index is 13.0. The van der Waals surface area contributed by atoms with Gasteiger partial charge in [0.2, 0.25) is 0 Å². The summed E-state index contributed by atoms with van der Waals surface area (Å²) in [6.07, 6.45) is 3.60. The van der Waals surface area contributed by atoms with Gasteiger partial charge in [-0.05, 0) is 55.5 Å². The molecule has 10 nitrogen and oxygen atoms in total. The van der Waals surface area contributed by atoms with Crippen LogP contribution in [0.25, 0.3) is 0 Å². The summed E-state index contributed by atoms with van der Waals surface area (Å²) in [6.45, 7) is 0.496. The van der Waals surface area contributed by atoms with Crippen LogP contribution in [0.4, 0.5) is 4.79 Å². The fraction of sp³-hybridized carbons (Fsp3) is 0.375. The summed E-state index contributed by atoms with van der Waals surface area (Å²) < 4.78 is 10.6. The predicted molar refractivity (Wildman–Crippen MR) is 123 cm³/mol. The van der Waals surface area contributed by atoms with Crippen LogP contribution in [0.15, 0.2) is 52.2 Å². The number of carbonyl (C=O) groups is 4. The van der Waals surface area contributed by atoms with Crippen LogP contribution in [0, 0.1) is 5.92 Å². The summed E-state index contributed by atoms with van der Waals surface area (Å²) in [5, 5.41) is 8.93. The first kappa shape index (κ1) is 23.1. The average molecular weight is 499 g/mol. The van der Waals surface area contributed by atoms with Crippen LogP contribution in [-0.2, 0) is 19.1 Å². The van der Waals surface area contributed by atoms with E-state index in [-0.39, 0.29) is 5.92 Å². The lowest BCUT2D eigenvalue weighted by molar-refractivity contribution is -0.154. The Hall–Kier alpha value is -3.66. The van der Waals surface area contributed by atoms with Gasteiger partial charge in [0, 0.05) is 11.4 Å². The fourth-order valence-electron chi connectivity index (χ4n) is 4.44. The number of hydrogen-bond donors (Lipinski definition) is 1. The van der Waals surface area contributed by atoms with E-state index < -0.39 is 48.5 Å². The average Bonchev–Trinajstić information content (AvgIpc) is 3.30. The van der Waals surface area contributed by atoms with Crippen molar-refractivity contribution >= 4 is 41.1 Å². The second kappa shape index (κ2) is 8.84. The van der Waals surface area contributed by atoms with Crippen molar-refractivity contribution in [3.8, 4) is 0 Å². The second-order valence-corrected chi connectivity index (χ2v) is 9.42. The number of imide groups is 1. The predicted octanol–water partition coefficient (Wildman–Crippen LogP) is 2.87. The summed E-state index contributed by atoms with van der Waals surface area (Å²) in [7, 11) is 0. The number of esters is 1. The third kappa shape index (κ3) is 4.41. The number of halogens is 1. The van der Waals surface area contributed by atoms with Gasteiger partial charge in [0.05, 0.1) is 12.0 Å². The molecule has 1 saturated heterocycles. The normalized spacial score (nSPS) is 23.9. The van der Waals surface area contributed by atoms with E-state index in [1.165, 1.54) is 11.3 Å².